The van der Waals surface area contributed by atoms with Crippen LogP contribution in [0.25, 0.3) is 0 Å². The Bertz CT molecular complexity index is 166. The predicted octanol–water partition coefficient (Wildman–Crippen LogP) is 3.66. The Labute approximate surface area is 87.7 Å². The van der Waals surface area contributed by atoms with E-state index in [0.29, 0.717) is 0 Å². The van der Waals surface area contributed by atoms with Crippen LogP contribution in [-0.2, 0) is 4.79 Å². The molecule has 83 valence electrons. The van der Waals surface area contributed by atoms with E-state index < -0.39 is 5.97 Å². The lowest BCUT2D eigenvalue weighted by Crippen LogP contribution is -2.20. The minimum Gasteiger partial charge on any atom is -0.481 e. The number of carbonyl (C=O) groups is 1. The molecule has 0 rings (SSSR count). The minimum atomic E-state index is -0.725. The molecule has 0 fully saturated rings. The van der Waals surface area contributed by atoms with Gasteiger partial charge in [-0.25, -0.2) is 0 Å². The van der Waals surface area contributed by atoms with Crippen molar-refractivity contribution in [2.75, 3.05) is 0 Å². The molecule has 0 heterocycles. The van der Waals surface area contributed by atoms with Crippen LogP contribution in [0, 0.1) is 12.3 Å². The van der Waals surface area contributed by atoms with Crippen LogP contribution in [0.1, 0.15) is 58.8 Å². The molecule has 0 aliphatic carbocycles. The second kappa shape index (κ2) is 6.86. The fourth-order valence-corrected chi connectivity index (χ4v) is 1.64. The van der Waals surface area contributed by atoms with Gasteiger partial charge in [0.25, 0.3) is 0 Å². The Balaban J connectivity index is 3.80. The maximum atomic E-state index is 10.6. The molecule has 0 amide bonds. The summed E-state index contributed by atoms with van der Waals surface area (Å²) in [7, 11) is 0. The van der Waals surface area contributed by atoms with Crippen molar-refractivity contribution >= 4 is 5.97 Å². The van der Waals surface area contributed by atoms with E-state index in [-0.39, 0.29) is 11.8 Å². The van der Waals surface area contributed by atoms with Gasteiger partial charge < -0.3 is 5.11 Å². The molecule has 14 heavy (non-hydrogen) atoms. The smallest absolute Gasteiger partial charge is 0.303 e. The standard InChI is InChI=1S/C12H23O2/c1-4-6-7-8-9-12(3,5-2)10-11(13)14/h3-10H2,1-2H3,(H,13,14). The van der Waals surface area contributed by atoms with E-state index in [0.717, 1.165) is 19.3 Å². The molecule has 1 unspecified atom stereocenters. The Hall–Kier alpha value is -0.530. The van der Waals surface area contributed by atoms with Crippen LogP contribution in [0.3, 0.4) is 0 Å². The lowest BCUT2D eigenvalue weighted by atomic mass is 9.79. The van der Waals surface area contributed by atoms with Crippen LogP contribution in [0.5, 0.6) is 0 Å². The van der Waals surface area contributed by atoms with Gasteiger partial charge in [-0.15, -0.1) is 0 Å². The van der Waals surface area contributed by atoms with Gasteiger partial charge in [0.05, 0.1) is 6.42 Å². The van der Waals surface area contributed by atoms with Gasteiger partial charge in [0, 0.05) is 0 Å². The van der Waals surface area contributed by atoms with Gasteiger partial charge in [0.15, 0.2) is 0 Å². The number of carboxylic acid groups (broad SMARTS) is 1. The first-order valence-corrected chi connectivity index (χ1v) is 5.61. The van der Waals surface area contributed by atoms with E-state index in [1.165, 1.54) is 19.3 Å². The van der Waals surface area contributed by atoms with Crippen molar-refractivity contribution in [3.63, 3.8) is 0 Å². The van der Waals surface area contributed by atoms with Crippen molar-refractivity contribution in [1.82, 2.24) is 0 Å². The summed E-state index contributed by atoms with van der Waals surface area (Å²) in [6.07, 6.45) is 6.77. The quantitative estimate of drug-likeness (QED) is 0.606. The van der Waals surface area contributed by atoms with Crippen LogP contribution in [-0.4, -0.2) is 11.1 Å². The van der Waals surface area contributed by atoms with Crippen LogP contribution in [0.15, 0.2) is 0 Å². The van der Waals surface area contributed by atoms with Gasteiger partial charge in [-0.1, -0.05) is 39.5 Å². The Morgan fingerprint density at radius 1 is 1.29 bits per heavy atom. The maximum absolute atomic E-state index is 10.6. The molecule has 0 bridgehead atoms. The van der Waals surface area contributed by atoms with Crippen LogP contribution in [0.4, 0.5) is 0 Å². The van der Waals surface area contributed by atoms with E-state index in [4.69, 9.17) is 5.11 Å². The first-order valence-electron chi connectivity index (χ1n) is 5.61. The van der Waals surface area contributed by atoms with E-state index >= 15 is 0 Å². The molecule has 1 N–H and O–H groups in total. The van der Waals surface area contributed by atoms with E-state index in [1.807, 2.05) is 6.92 Å². The summed E-state index contributed by atoms with van der Waals surface area (Å²) in [5.41, 5.74) is -0.237. The average molecular weight is 199 g/mol. The molecule has 0 aliphatic rings. The van der Waals surface area contributed by atoms with Gasteiger partial charge in [-0.3, -0.25) is 4.79 Å². The summed E-state index contributed by atoms with van der Waals surface area (Å²) in [4.78, 5) is 10.6. The highest BCUT2D eigenvalue weighted by Gasteiger charge is 2.24. The summed E-state index contributed by atoms with van der Waals surface area (Å²) >= 11 is 0. The molecule has 2 nitrogen and oxygen atoms in total. The van der Waals surface area contributed by atoms with E-state index in [1.54, 1.807) is 0 Å². The van der Waals surface area contributed by atoms with Crippen LogP contribution in [0.2, 0.25) is 0 Å². The van der Waals surface area contributed by atoms with Gasteiger partial charge >= 0.3 is 5.97 Å². The summed E-state index contributed by atoms with van der Waals surface area (Å²) in [5, 5.41) is 8.74. The monoisotopic (exact) mass is 199 g/mol. The van der Waals surface area contributed by atoms with Crippen LogP contribution >= 0.6 is 0 Å². The van der Waals surface area contributed by atoms with E-state index in [2.05, 4.69) is 13.8 Å². The maximum Gasteiger partial charge on any atom is 0.303 e. The number of hydrogen-bond donors (Lipinski definition) is 1. The molecule has 0 spiro atoms. The number of rotatable bonds is 8. The SMILES string of the molecule is [CH2]C(CC)(CCCCCC)CC(=O)O. The fourth-order valence-electron chi connectivity index (χ4n) is 1.64. The third-order valence-corrected chi connectivity index (χ3v) is 2.84. The molecule has 1 radical (unpaired) electrons. The van der Waals surface area contributed by atoms with Gasteiger partial charge in [0.2, 0.25) is 0 Å². The molecule has 0 saturated carbocycles. The lowest BCUT2D eigenvalue weighted by Gasteiger charge is -2.25. The fraction of sp³-hybridized carbons (Fsp3) is 0.833. The van der Waals surface area contributed by atoms with Gasteiger partial charge in [-0.05, 0) is 25.2 Å². The lowest BCUT2D eigenvalue weighted by molar-refractivity contribution is -0.139. The summed E-state index contributed by atoms with van der Waals surface area (Å²) < 4.78 is 0. The highest BCUT2D eigenvalue weighted by molar-refractivity contribution is 5.67. The highest BCUT2D eigenvalue weighted by Crippen LogP contribution is 2.31. The van der Waals surface area contributed by atoms with Crippen molar-refractivity contribution in [2.24, 2.45) is 5.41 Å². The van der Waals surface area contributed by atoms with Crippen molar-refractivity contribution < 1.29 is 9.90 Å². The Morgan fingerprint density at radius 2 is 1.93 bits per heavy atom. The van der Waals surface area contributed by atoms with Gasteiger partial charge in [0.1, 0.15) is 0 Å². The zero-order valence-electron chi connectivity index (χ0n) is 9.51. The largest absolute Gasteiger partial charge is 0.481 e. The molecular formula is C12H23O2. The summed E-state index contributed by atoms with van der Waals surface area (Å²) in [6.45, 7) is 8.24. The van der Waals surface area contributed by atoms with Crippen molar-refractivity contribution in [1.29, 1.82) is 0 Å². The summed E-state index contributed by atoms with van der Waals surface area (Å²) in [5.74, 6) is -0.725. The molecule has 0 aromatic rings. The first kappa shape index (κ1) is 13.5. The topological polar surface area (TPSA) is 37.3 Å². The van der Waals surface area contributed by atoms with Crippen LogP contribution < -0.4 is 0 Å². The number of hydrogen-bond acceptors (Lipinski definition) is 1. The number of unbranched alkanes of at least 4 members (excludes halogenated alkanes) is 3. The molecule has 0 aromatic heterocycles. The van der Waals surface area contributed by atoms with E-state index in [9.17, 15) is 4.79 Å². The number of aliphatic carboxylic acids is 1. The minimum absolute atomic E-state index is 0.204. The molecule has 0 aromatic carbocycles. The normalized spacial score (nSPS) is 15.1. The molecular weight excluding hydrogens is 176 g/mol. The second-order valence-electron chi connectivity index (χ2n) is 4.23. The molecule has 2 heteroatoms. The third-order valence-electron chi connectivity index (χ3n) is 2.84. The Morgan fingerprint density at radius 3 is 2.36 bits per heavy atom. The molecule has 1 atom stereocenters. The molecule has 0 saturated heterocycles. The van der Waals surface area contributed by atoms with Crippen molar-refractivity contribution in [3.8, 4) is 0 Å². The summed E-state index contributed by atoms with van der Waals surface area (Å²) in [6, 6.07) is 0. The third kappa shape index (κ3) is 6.01. The second-order valence-corrected chi connectivity index (χ2v) is 4.23. The zero-order valence-corrected chi connectivity index (χ0v) is 9.51. The zero-order chi connectivity index (χ0) is 11.0. The highest BCUT2D eigenvalue weighted by atomic mass is 16.4. The Kier molecular flexibility index (Phi) is 6.60. The average Bonchev–Trinajstić information content (AvgIpc) is 2.11. The first-order chi connectivity index (χ1) is 6.54. The predicted molar refractivity (Wildman–Crippen MR) is 59.1 cm³/mol. The van der Waals surface area contributed by atoms with Crippen molar-refractivity contribution in [2.45, 2.75) is 58.8 Å². The molecule has 0 aliphatic heterocycles. The van der Waals surface area contributed by atoms with Crippen molar-refractivity contribution in [3.05, 3.63) is 6.92 Å². The number of carboxylic acids is 1. The van der Waals surface area contributed by atoms with Gasteiger partial charge in [-0.2, -0.15) is 0 Å².